The molecule has 1 aromatic carbocycles. The monoisotopic (exact) mass is 375 g/mol. The SMILES string of the molecule is COC[C@@H](C)NC(=O)CN(c1cc([N+](=O)[O-])ccc1OC)S(C)(=O)=O. The van der Waals surface area contributed by atoms with Crippen molar-refractivity contribution in [1.82, 2.24) is 5.32 Å². The summed E-state index contributed by atoms with van der Waals surface area (Å²) in [6.07, 6.45) is 0.900. The number of rotatable bonds is 9. The fraction of sp³-hybridized carbons (Fsp3) is 0.500. The minimum absolute atomic E-state index is 0.0891. The number of amides is 1. The van der Waals surface area contributed by atoms with E-state index in [1.165, 1.54) is 26.4 Å². The van der Waals surface area contributed by atoms with E-state index in [0.717, 1.165) is 16.6 Å². The molecule has 1 aromatic rings. The number of carbonyl (C=O) groups excluding carboxylic acids is 1. The van der Waals surface area contributed by atoms with Crippen molar-refractivity contribution in [1.29, 1.82) is 0 Å². The number of carbonyl (C=O) groups is 1. The highest BCUT2D eigenvalue weighted by Gasteiger charge is 2.26. The highest BCUT2D eigenvalue weighted by atomic mass is 32.2. The number of nitrogens with zero attached hydrogens (tertiary/aromatic N) is 2. The lowest BCUT2D eigenvalue weighted by molar-refractivity contribution is -0.384. The Kier molecular flexibility index (Phi) is 7.12. The van der Waals surface area contributed by atoms with Crippen molar-refractivity contribution in [3.63, 3.8) is 0 Å². The fourth-order valence-electron chi connectivity index (χ4n) is 2.11. The Hall–Kier alpha value is -2.40. The molecule has 1 atom stereocenters. The van der Waals surface area contributed by atoms with E-state index in [1.54, 1.807) is 6.92 Å². The zero-order valence-electron chi connectivity index (χ0n) is 14.4. The Bertz CT molecular complexity index is 736. The Morgan fingerprint density at radius 1 is 1.40 bits per heavy atom. The molecule has 0 unspecified atom stereocenters. The molecule has 0 radical (unpaired) electrons. The molecule has 0 bridgehead atoms. The molecule has 0 saturated heterocycles. The zero-order chi connectivity index (χ0) is 19.2. The van der Waals surface area contributed by atoms with E-state index in [4.69, 9.17) is 9.47 Å². The van der Waals surface area contributed by atoms with Gasteiger partial charge in [0.1, 0.15) is 18.0 Å². The first-order valence-electron chi connectivity index (χ1n) is 7.18. The number of sulfonamides is 1. The first-order chi connectivity index (χ1) is 11.6. The fourth-order valence-corrected chi connectivity index (χ4v) is 2.96. The van der Waals surface area contributed by atoms with Crippen LogP contribution in [0.15, 0.2) is 18.2 Å². The Labute approximate surface area is 145 Å². The number of nitrogens with one attached hydrogen (secondary N) is 1. The second kappa shape index (κ2) is 8.62. The summed E-state index contributed by atoms with van der Waals surface area (Å²) < 4.78 is 35.0. The van der Waals surface area contributed by atoms with E-state index in [2.05, 4.69) is 5.32 Å². The van der Waals surface area contributed by atoms with Crippen LogP contribution >= 0.6 is 0 Å². The molecular weight excluding hydrogens is 354 g/mol. The maximum Gasteiger partial charge on any atom is 0.271 e. The van der Waals surface area contributed by atoms with E-state index < -0.39 is 27.4 Å². The summed E-state index contributed by atoms with van der Waals surface area (Å²) in [5.41, 5.74) is -0.411. The van der Waals surface area contributed by atoms with Crippen LogP contribution in [0.5, 0.6) is 5.75 Å². The quantitative estimate of drug-likeness (QED) is 0.492. The summed E-state index contributed by atoms with van der Waals surface area (Å²) in [6, 6.07) is 3.18. The van der Waals surface area contributed by atoms with Gasteiger partial charge in [0.15, 0.2) is 0 Å². The molecule has 0 aromatic heterocycles. The number of nitro benzene ring substituents is 1. The van der Waals surface area contributed by atoms with Crippen LogP contribution in [0.4, 0.5) is 11.4 Å². The predicted molar refractivity (Wildman–Crippen MR) is 91.3 cm³/mol. The topological polar surface area (TPSA) is 128 Å². The molecule has 0 saturated carbocycles. The summed E-state index contributed by atoms with van der Waals surface area (Å²) in [5, 5.41) is 13.6. The lowest BCUT2D eigenvalue weighted by Crippen LogP contribution is -2.44. The molecule has 10 nitrogen and oxygen atoms in total. The van der Waals surface area contributed by atoms with E-state index in [-0.39, 0.29) is 29.8 Å². The average molecular weight is 375 g/mol. The van der Waals surface area contributed by atoms with Crippen LogP contribution in [0.2, 0.25) is 0 Å². The minimum atomic E-state index is -3.90. The zero-order valence-corrected chi connectivity index (χ0v) is 15.2. The second-order valence-corrected chi connectivity index (χ2v) is 7.21. The van der Waals surface area contributed by atoms with Crippen molar-refractivity contribution >= 4 is 27.3 Å². The minimum Gasteiger partial charge on any atom is -0.495 e. The molecule has 1 N–H and O–H groups in total. The van der Waals surface area contributed by atoms with Crippen LogP contribution in [0.1, 0.15) is 6.92 Å². The maximum absolute atomic E-state index is 12.1. The van der Waals surface area contributed by atoms with Crippen LogP contribution in [0.25, 0.3) is 0 Å². The molecular formula is C14H21N3O7S. The highest BCUT2D eigenvalue weighted by molar-refractivity contribution is 7.92. The van der Waals surface area contributed by atoms with Crippen LogP contribution in [-0.2, 0) is 19.6 Å². The van der Waals surface area contributed by atoms with Gasteiger partial charge in [-0.25, -0.2) is 8.42 Å². The number of hydrogen-bond acceptors (Lipinski definition) is 7. The Morgan fingerprint density at radius 3 is 2.52 bits per heavy atom. The Morgan fingerprint density at radius 2 is 2.04 bits per heavy atom. The summed E-state index contributed by atoms with van der Waals surface area (Å²) in [6.45, 7) is 1.40. The lowest BCUT2D eigenvalue weighted by Gasteiger charge is -2.24. The molecule has 25 heavy (non-hydrogen) atoms. The third kappa shape index (κ3) is 5.87. The van der Waals surface area contributed by atoms with Gasteiger partial charge in [0.2, 0.25) is 15.9 Å². The third-order valence-corrected chi connectivity index (χ3v) is 4.28. The molecule has 0 fully saturated rings. The number of hydrogen-bond donors (Lipinski definition) is 1. The molecule has 140 valence electrons. The van der Waals surface area contributed by atoms with Crippen LogP contribution in [0.3, 0.4) is 0 Å². The van der Waals surface area contributed by atoms with Gasteiger partial charge in [0.05, 0.1) is 24.9 Å². The van der Waals surface area contributed by atoms with Crippen molar-refractivity contribution in [2.45, 2.75) is 13.0 Å². The van der Waals surface area contributed by atoms with Crippen molar-refractivity contribution in [3.8, 4) is 5.75 Å². The van der Waals surface area contributed by atoms with E-state index in [1.807, 2.05) is 0 Å². The molecule has 0 aliphatic rings. The van der Waals surface area contributed by atoms with E-state index in [9.17, 15) is 23.3 Å². The first-order valence-corrected chi connectivity index (χ1v) is 9.03. The summed E-state index contributed by atoms with van der Waals surface area (Å²) in [5.74, 6) is -0.489. The molecule has 1 amide bonds. The molecule has 0 spiro atoms. The summed E-state index contributed by atoms with van der Waals surface area (Å²) in [4.78, 5) is 22.4. The standard InChI is InChI=1S/C14H21N3O7S/c1-10(9-23-2)15-14(18)8-16(25(4,21)22)12-7-11(17(19)20)5-6-13(12)24-3/h5-7,10H,8-9H2,1-4H3,(H,15,18)/t10-/m1/s1. The number of benzene rings is 1. The van der Waals surface area contributed by atoms with E-state index in [0.29, 0.717) is 0 Å². The number of methoxy groups -OCH3 is 2. The number of non-ortho nitro benzene ring substituents is 1. The van der Waals surface area contributed by atoms with E-state index >= 15 is 0 Å². The molecule has 11 heteroatoms. The Balaban J connectivity index is 3.22. The number of anilines is 1. The van der Waals surface area contributed by atoms with Gasteiger partial charge in [-0.05, 0) is 13.0 Å². The maximum atomic E-state index is 12.1. The number of nitro groups is 1. The van der Waals surface area contributed by atoms with Crippen LogP contribution in [-0.4, -0.2) is 58.9 Å². The smallest absolute Gasteiger partial charge is 0.271 e. The average Bonchev–Trinajstić information content (AvgIpc) is 2.51. The van der Waals surface area contributed by atoms with Crippen molar-refractivity contribution < 1.29 is 27.6 Å². The largest absolute Gasteiger partial charge is 0.495 e. The molecule has 0 aliphatic heterocycles. The summed E-state index contributed by atoms with van der Waals surface area (Å²) in [7, 11) is -1.13. The number of ether oxygens (including phenoxy) is 2. The van der Waals surface area contributed by atoms with Gasteiger partial charge in [-0.1, -0.05) is 0 Å². The van der Waals surface area contributed by atoms with Gasteiger partial charge in [0.25, 0.3) is 5.69 Å². The predicted octanol–water partition coefficient (Wildman–Crippen LogP) is 0.520. The normalized spacial score (nSPS) is 12.3. The van der Waals surface area contributed by atoms with Crippen LogP contribution in [0, 0.1) is 10.1 Å². The van der Waals surface area contributed by atoms with Gasteiger partial charge in [-0.2, -0.15) is 0 Å². The van der Waals surface area contributed by atoms with Gasteiger partial charge in [0, 0.05) is 25.3 Å². The highest BCUT2D eigenvalue weighted by Crippen LogP contribution is 2.33. The van der Waals surface area contributed by atoms with Crippen molar-refractivity contribution in [3.05, 3.63) is 28.3 Å². The van der Waals surface area contributed by atoms with Gasteiger partial charge in [-0.15, -0.1) is 0 Å². The van der Waals surface area contributed by atoms with Crippen molar-refractivity contribution in [2.24, 2.45) is 0 Å². The van der Waals surface area contributed by atoms with Crippen molar-refractivity contribution in [2.75, 3.05) is 37.9 Å². The van der Waals surface area contributed by atoms with Crippen LogP contribution < -0.4 is 14.4 Å². The first kappa shape index (κ1) is 20.6. The van der Waals surface area contributed by atoms with Gasteiger partial charge < -0.3 is 14.8 Å². The lowest BCUT2D eigenvalue weighted by atomic mass is 10.2. The molecule has 0 aliphatic carbocycles. The second-order valence-electron chi connectivity index (χ2n) is 5.31. The van der Waals surface area contributed by atoms with Gasteiger partial charge in [-0.3, -0.25) is 19.2 Å². The third-order valence-electron chi connectivity index (χ3n) is 3.15. The van der Waals surface area contributed by atoms with Gasteiger partial charge >= 0.3 is 0 Å². The summed E-state index contributed by atoms with van der Waals surface area (Å²) >= 11 is 0. The molecule has 1 rings (SSSR count). The molecule has 0 heterocycles.